The Labute approximate surface area is 124 Å². The normalized spacial score (nSPS) is 24.0. The highest BCUT2D eigenvalue weighted by atomic mass is 15.6. The summed E-state index contributed by atoms with van der Waals surface area (Å²) >= 11 is 0. The highest BCUT2D eigenvalue weighted by molar-refractivity contribution is 5.99. The Kier molecular flexibility index (Phi) is 7.76. The van der Waals surface area contributed by atoms with Gasteiger partial charge in [0.15, 0.2) is 0 Å². The topological polar surface area (TPSA) is 36.4 Å². The van der Waals surface area contributed by atoms with Gasteiger partial charge in [0.1, 0.15) is 0 Å². The Morgan fingerprint density at radius 2 is 1.45 bits per heavy atom. The van der Waals surface area contributed by atoms with E-state index in [4.69, 9.17) is 0 Å². The van der Waals surface area contributed by atoms with Gasteiger partial charge >= 0.3 is 0 Å². The van der Waals surface area contributed by atoms with E-state index in [-0.39, 0.29) is 0 Å². The third-order valence-corrected chi connectivity index (χ3v) is 4.40. The van der Waals surface area contributed by atoms with Crippen LogP contribution in [0.2, 0.25) is 0 Å². The summed E-state index contributed by atoms with van der Waals surface area (Å²) in [5, 5.41) is 4.62. The van der Waals surface area contributed by atoms with E-state index in [2.05, 4.69) is 22.1 Å². The first kappa shape index (κ1) is 15.6. The van der Waals surface area contributed by atoms with Crippen LogP contribution in [0.25, 0.3) is 0 Å². The van der Waals surface area contributed by atoms with Crippen molar-refractivity contribution >= 4 is 5.71 Å². The fraction of sp³-hybridized carbons (Fsp3) is 0.824. The molecule has 1 aliphatic carbocycles. The number of nitrogens with one attached hydrogen (secondary N) is 2. The molecular formula is C17H31N3. The van der Waals surface area contributed by atoms with Crippen molar-refractivity contribution in [2.45, 2.75) is 83.5 Å². The molecule has 0 saturated carbocycles. The molecular weight excluding hydrogens is 246 g/mol. The Hall–Kier alpha value is -0.830. The number of hydrogen-bond acceptors (Lipinski definition) is 3. The van der Waals surface area contributed by atoms with E-state index >= 15 is 0 Å². The number of rotatable bonds is 1. The van der Waals surface area contributed by atoms with Crippen molar-refractivity contribution in [3.05, 3.63) is 11.6 Å². The average Bonchev–Trinajstić information content (AvgIpc) is 2.50. The predicted octanol–water partition coefficient (Wildman–Crippen LogP) is 4.46. The third-order valence-electron chi connectivity index (χ3n) is 4.40. The molecule has 3 heteroatoms. The summed E-state index contributed by atoms with van der Waals surface area (Å²) in [6.07, 6.45) is 19.6. The molecule has 0 saturated heterocycles. The number of nitrogens with zero attached hydrogens (tertiary/aromatic N) is 1. The van der Waals surface area contributed by atoms with Crippen LogP contribution in [0.3, 0.4) is 0 Å². The average molecular weight is 277 g/mol. The molecule has 2 N–H and O–H groups in total. The minimum Gasteiger partial charge on any atom is -0.243 e. The molecule has 3 nitrogen and oxygen atoms in total. The zero-order chi connectivity index (χ0) is 13.9. The molecule has 2 aliphatic rings. The number of hydrazine groups is 1. The quantitative estimate of drug-likeness (QED) is 0.742. The lowest BCUT2D eigenvalue weighted by molar-refractivity contribution is 0.510. The lowest BCUT2D eigenvalue weighted by atomic mass is 9.95. The highest BCUT2D eigenvalue weighted by Gasteiger charge is 2.09. The van der Waals surface area contributed by atoms with E-state index in [0.717, 1.165) is 13.0 Å². The van der Waals surface area contributed by atoms with Crippen LogP contribution in [0.15, 0.2) is 16.8 Å². The summed E-state index contributed by atoms with van der Waals surface area (Å²) in [6, 6.07) is 0. The Morgan fingerprint density at radius 3 is 2.35 bits per heavy atom. The zero-order valence-corrected chi connectivity index (χ0v) is 12.9. The molecule has 0 aromatic carbocycles. The number of hydrogen-bond donors (Lipinski definition) is 2. The first-order valence-electron chi connectivity index (χ1n) is 8.70. The van der Waals surface area contributed by atoms with Crippen LogP contribution in [0.1, 0.15) is 83.5 Å². The van der Waals surface area contributed by atoms with Crippen molar-refractivity contribution in [2.24, 2.45) is 5.10 Å². The van der Waals surface area contributed by atoms with Crippen LogP contribution >= 0.6 is 0 Å². The third kappa shape index (κ3) is 6.08. The van der Waals surface area contributed by atoms with Crippen LogP contribution < -0.4 is 11.0 Å². The highest BCUT2D eigenvalue weighted by Crippen LogP contribution is 2.20. The van der Waals surface area contributed by atoms with Crippen molar-refractivity contribution < 1.29 is 0 Å². The van der Waals surface area contributed by atoms with Crippen LogP contribution in [0.4, 0.5) is 0 Å². The summed E-state index contributed by atoms with van der Waals surface area (Å²) in [5.41, 5.74) is 9.09. The molecule has 0 unspecified atom stereocenters. The van der Waals surface area contributed by atoms with Gasteiger partial charge in [-0.15, -0.1) is 0 Å². The van der Waals surface area contributed by atoms with E-state index in [1.165, 1.54) is 88.3 Å². The van der Waals surface area contributed by atoms with Crippen molar-refractivity contribution in [3.8, 4) is 0 Å². The van der Waals surface area contributed by atoms with Gasteiger partial charge in [-0.1, -0.05) is 44.6 Å². The summed E-state index contributed by atoms with van der Waals surface area (Å²) in [6.45, 7) is 1.02. The maximum Gasteiger partial charge on any atom is 0.0647 e. The molecule has 0 atom stereocenters. The molecule has 0 spiro atoms. The molecule has 0 aromatic rings. The van der Waals surface area contributed by atoms with E-state index in [1.54, 1.807) is 0 Å². The molecule has 1 heterocycles. The van der Waals surface area contributed by atoms with Crippen molar-refractivity contribution in [2.75, 3.05) is 6.54 Å². The summed E-state index contributed by atoms with van der Waals surface area (Å²) in [7, 11) is 0. The van der Waals surface area contributed by atoms with Gasteiger partial charge in [0.2, 0.25) is 0 Å². The van der Waals surface area contributed by atoms with E-state index in [0.29, 0.717) is 0 Å². The molecule has 0 bridgehead atoms. The Balaban J connectivity index is 1.98. The number of hydrazone groups is 1. The molecule has 1 aliphatic heterocycles. The van der Waals surface area contributed by atoms with Crippen LogP contribution in [-0.4, -0.2) is 12.3 Å². The van der Waals surface area contributed by atoms with Gasteiger partial charge in [-0.3, -0.25) is 0 Å². The fourth-order valence-corrected chi connectivity index (χ4v) is 3.12. The minimum atomic E-state index is 1.02. The second-order valence-corrected chi connectivity index (χ2v) is 6.15. The van der Waals surface area contributed by atoms with E-state index in [9.17, 15) is 0 Å². The fourth-order valence-electron chi connectivity index (χ4n) is 3.12. The molecule has 114 valence electrons. The first-order valence-corrected chi connectivity index (χ1v) is 8.70. The molecule has 2 rings (SSSR count). The molecule has 0 fully saturated rings. The predicted molar refractivity (Wildman–Crippen MR) is 86.7 cm³/mol. The summed E-state index contributed by atoms with van der Waals surface area (Å²) in [5.74, 6) is 0. The molecule has 0 aromatic heterocycles. The SMILES string of the molecule is C1=C(C2=NNNCCCCCC2)CCCCCCCC1. The largest absolute Gasteiger partial charge is 0.243 e. The van der Waals surface area contributed by atoms with Gasteiger partial charge in [0.25, 0.3) is 0 Å². The van der Waals surface area contributed by atoms with E-state index < -0.39 is 0 Å². The molecule has 0 radical (unpaired) electrons. The monoisotopic (exact) mass is 277 g/mol. The molecule has 0 amide bonds. The lowest BCUT2D eigenvalue weighted by Gasteiger charge is -2.15. The van der Waals surface area contributed by atoms with Crippen LogP contribution in [0.5, 0.6) is 0 Å². The first-order chi connectivity index (χ1) is 9.97. The standard InChI is InChI=1S/C17H31N3/c1-2-4-8-12-16(13-9-5-3-1)17-14-10-6-7-11-15-18-20-19-17/h12,18,20H,1-11,13-15H2. The van der Waals surface area contributed by atoms with Crippen LogP contribution in [-0.2, 0) is 0 Å². The van der Waals surface area contributed by atoms with Gasteiger partial charge < -0.3 is 0 Å². The van der Waals surface area contributed by atoms with Crippen molar-refractivity contribution in [3.63, 3.8) is 0 Å². The van der Waals surface area contributed by atoms with Crippen molar-refractivity contribution in [1.29, 1.82) is 0 Å². The number of allylic oxidation sites excluding steroid dienone is 2. The van der Waals surface area contributed by atoms with Gasteiger partial charge in [-0.2, -0.15) is 5.10 Å². The van der Waals surface area contributed by atoms with Crippen LogP contribution in [0, 0.1) is 0 Å². The van der Waals surface area contributed by atoms with Gasteiger partial charge in [0.05, 0.1) is 5.71 Å². The zero-order valence-electron chi connectivity index (χ0n) is 12.9. The summed E-state index contributed by atoms with van der Waals surface area (Å²) < 4.78 is 0. The minimum absolute atomic E-state index is 1.02. The lowest BCUT2D eigenvalue weighted by Crippen LogP contribution is -2.30. The Bertz CT molecular complexity index is 288. The second kappa shape index (κ2) is 9.98. The Morgan fingerprint density at radius 1 is 0.750 bits per heavy atom. The van der Waals surface area contributed by atoms with Gasteiger partial charge in [0, 0.05) is 6.54 Å². The molecule has 20 heavy (non-hydrogen) atoms. The smallest absolute Gasteiger partial charge is 0.0647 e. The van der Waals surface area contributed by atoms with Crippen molar-refractivity contribution in [1.82, 2.24) is 11.0 Å². The van der Waals surface area contributed by atoms with E-state index in [1.807, 2.05) is 0 Å². The second-order valence-electron chi connectivity index (χ2n) is 6.15. The van der Waals surface area contributed by atoms with Gasteiger partial charge in [-0.05, 0) is 50.5 Å². The maximum absolute atomic E-state index is 4.62. The van der Waals surface area contributed by atoms with Gasteiger partial charge in [-0.25, -0.2) is 11.0 Å². The maximum atomic E-state index is 4.62. The summed E-state index contributed by atoms with van der Waals surface area (Å²) in [4.78, 5) is 0.